The highest BCUT2D eigenvalue weighted by Gasteiger charge is 2.35. The van der Waals surface area contributed by atoms with Gasteiger partial charge in [0.25, 0.3) is 0 Å². The van der Waals surface area contributed by atoms with Gasteiger partial charge in [-0.2, -0.15) is 0 Å². The van der Waals surface area contributed by atoms with Crippen LogP contribution < -0.4 is 10.1 Å². The van der Waals surface area contributed by atoms with Crippen LogP contribution in [0.2, 0.25) is 0 Å². The van der Waals surface area contributed by atoms with E-state index >= 15 is 0 Å². The van der Waals surface area contributed by atoms with Crippen molar-refractivity contribution in [1.29, 1.82) is 0 Å². The number of nitrogens with zero attached hydrogens (tertiary/aromatic N) is 1. The summed E-state index contributed by atoms with van der Waals surface area (Å²) >= 11 is 0. The Morgan fingerprint density at radius 1 is 1.46 bits per heavy atom. The number of carbonyl (C=O) groups is 1. The fraction of sp³-hybridized carbons (Fsp3) is 0.667. The lowest BCUT2D eigenvalue weighted by Crippen LogP contribution is -2.47. The summed E-state index contributed by atoms with van der Waals surface area (Å²) in [5, 5.41) is 12.3. The summed E-state index contributed by atoms with van der Waals surface area (Å²) in [6, 6.07) is 1.82. The molecule has 134 valence electrons. The van der Waals surface area contributed by atoms with Crippen LogP contribution in [-0.4, -0.2) is 47.0 Å². The van der Waals surface area contributed by atoms with E-state index in [-0.39, 0.29) is 18.6 Å². The number of hydrogen-bond acceptors (Lipinski definition) is 6. The Balaban J connectivity index is 2.11. The van der Waals surface area contributed by atoms with Gasteiger partial charge in [-0.1, -0.05) is 0 Å². The predicted octanol–water partition coefficient (Wildman–Crippen LogP) is 1.85. The first-order valence-electron chi connectivity index (χ1n) is 8.57. The van der Waals surface area contributed by atoms with Crippen molar-refractivity contribution in [2.24, 2.45) is 0 Å². The third kappa shape index (κ3) is 5.76. The third-order valence-corrected chi connectivity index (χ3v) is 3.76. The minimum Gasteiger partial charge on any atom is -0.475 e. The molecule has 1 saturated heterocycles. The van der Waals surface area contributed by atoms with E-state index < -0.39 is 11.7 Å². The summed E-state index contributed by atoms with van der Waals surface area (Å²) in [6.45, 7) is 6.56. The van der Waals surface area contributed by atoms with Gasteiger partial charge in [0.2, 0.25) is 6.10 Å². The molecule has 1 aromatic heterocycles. The van der Waals surface area contributed by atoms with Gasteiger partial charge < -0.3 is 19.9 Å². The molecule has 0 spiro atoms. The maximum atomic E-state index is 12.6. The molecule has 0 aromatic carbocycles. The number of pyridine rings is 1. The number of ether oxygens (including phenoxy) is 2. The molecule has 0 saturated carbocycles. The normalized spacial score (nSPS) is 19.1. The van der Waals surface area contributed by atoms with Crippen molar-refractivity contribution in [3.63, 3.8) is 0 Å². The lowest BCUT2D eigenvalue weighted by atomic mass is 10.1. The highest BCUT2D eigenvalue weighted by Crippen LogP contribution is 2.21. The highest BCUT2D eigenvalue weighted by atomic mass is 16.6. The van der Waals surface area contributed by atoms with Gasteiger partial charge in [0.15, 0.2) is 0 Å². The van der Waals surface area contributed by atoms with Crippen LogP contribution in [0.1, 0.15) is 45.6 Å². The van der Waals surface area contributed by atoms with Crippen LogP contribution in [0.3, 0.4) is 0 Å². The highest BCUT2D eigenvalue weighted by molar-refractivity contribution is 5.76. The molecule has 1 aliphatic rings. The van der Waals surface area contributed by atoms with Crippen molar-refractivity contribution in [2.45, 2.75) is 64.2 Å². The molecule has 1 aliphatic heterocycles. The molecule has 1 aromatic rings. The Morgan fingerprint density at radius 2 is 2.25 bits per heavy atom. The lowest BCUT2D eigenvalue weighted by Gasteiger charge is -2.27. The molecule has 2 N–H and O–H groups in total. The molecule has 0 bridgehead atoms. The molecule has 1 unspecified atom stereocenters. The Hall–Kier alpha value is -1.66. The van der Waals surface area contributed by atoms with Crippen LogP contribution in [0.25, 0.3) is 0 Å². The zero-order valence-corrected chi connectivity index (χ0v) is 14.7. The van der Waals surface area contributed by atoms with Crippen LogP contribution in [0.15, 0.2) is 18.5 Å². The van der Waals surface area contributed by atoms with E-state index in [0.29, 0.717) is 12.2 Å². The topological polar surface area (TPSA) is 80.7 Å². The van der Waals surface area contributed by atoms with E-state index in [9.17, 15) is 4.79 Å². The fourth-order valence-electron chi connectivity index (χ4n) is 2.72. The Kier molecular flexibility index (Phi) is 6.57. The number of hydrogen-bond donors (Lipinski definition) is 2. The standard InChI is InChI=1S/C18H28N2O4/c1-18(2,3)24-17(22)16(15-7-4-8-20-15)23-14-10-13(6-5-9-21)11-19-12-14/h10-12,15-16,20-21H,4-9H2,1-3H3/t15-,16?/m0/s1. The van der Waals surface area contributed by atoms with Crippen molar-refractivity contribution in [2.75, 3.05) is 13.2 Å². The largest absolute Gasteiger partial charge is 0.475 e. The number of aryl methyl sites for hydroxylation is 1. The van der Waals surface area contributed by atoms with Gasteiger partial charge in [0, 0.05) is 12.8 Å². The number of esters is 1. The van der Waals surface area contributed by atoms with Crippen LogP contribution in [0.4, 0.5) is 0 Å². The van der Waals surface area contributed by atoms with Crippen molar-refractivity contribution in [3.05, 3.63) is 24.0 Å². The summed E-state index contributed by atoms with van der Waals surface area (Å²) in [7, 11) is 0. The Bertz CT molecular complexity index is 536. The van der Waals surface area contributed by atoms with Gasteiger partial charge in [0.05, 0.1) is 12.2 Å². The fourth-order valence-corrected chi connectivity index (χ4v) is 2.72. The monoisotopic (exact) mass is 336 g/mol. The third-order valence-electron chi connectivity index (χ3n) is 3.76. The number of carbonyl (C=O) groups excluding carboxylic acids is 1. The van der Waals surface area contributed by atoms with Gasteiger partial charge in [-0.05, 0) is 64.6 Å². The molecule has 0 aliphatic carbocycles. The number of aromatic nitrogens is 1. The quantitative estimate of drug-likeness (QED) is 0.740. The SMILES string of the molecule is CC(C)(C)OC(=O)C(Oc1cncc(CCCO)c1)[C@@H]1CCCN1. The van der Waals surface area contributed by atoms with Crippen LogP contribution in [0, 0.1) is 0 Å². The molecule has 6 nitrogen and oxygen atoms in total. The van der Waals surface area contributed by atoms with Crippen molar-refractivity contribution < 1.29 is 19.4 Å². The first-order chi connectivity index (χ1) is 11.4. The number of aliphatic hydroxyl groups is 1. The van der Waals surface area contributed by atoms with E-state index in [1.54, 1.807) is 12.4 Å². The van der Waals surface area contributed by atoms with Gasteiger partial charge in [-0.25, -0.2) is 4.79 Å². The van der Waals surface area contributed by atoms with Crippen LogP contribution in [-0.2, 0) is 16.0 Å². The lowest BCUT2D eigenvalue weighted by molar-refractivity contribution is -0.164. The Morgan fingerprint density at radius 3 is 2.88 bits per heavy atom. The van der Waals surface area contributed by atoms with Gasteiger partial charge in [-0.3, -0.25) is 4.98 Å². The first kappa shape index (κ1) is 18.7. The first-order valence-corrected chi connectivity index (χ1v) is 8.57. The summed E-state index contributed by atoms with van der Waals surface area (Å²) in [5.41, 5.74) is 0.419. The molecule has 6 heteroatoms. The average molecular weight is 336 g/mol. The van der Waals surface area contributed by atoms with Crippen molar-refractivity contribution in [3.8, 4) is 5.75 Å². The average Bonchev–Trinajstić information content (AvgIpc) is 3.03. The van der Waals surface area contributed by atoms with Crippen LogP contribution >= 0.6 is 0 Å². The van der Waals surface area contributed by atoms with Gasteiger partial charge in [0.1, 0.15) is 11.4 Å². The molecule has 0 amide bonds. The number of rotatable bonds is 7. The van der Waals surface area contributed by atoms with Gasteiger partial charge in [-0.15, -0.1) is 0 Å². The minimum absolute atomic E-state index is 0.0547. The second kappa shape index (κ2) is 8.44. The molecule has 2 rings (SSSR count). The minimum atomic E-state index is -0.693. The smallest absolute Gasteiger partial charge is 0.349 e. The molecule has 2 heterocycles. The maximum Gasteiger partial charge on any atom is 0.349 e. The van der Waals surface area contributed by atoms with E-state index in [1.807, 2.05) is 26.8 Å². The molecule has 1 fully saturated rings. The molecule has 0 radical (unpaired) electrons. The maximum absolute atomic E-state index is 12.6. The van der Waals surface area contributed by atoms with E-state index in [0.717, 1.165) is 31.4 Å². The summed E-state index contributed by atoms with van der Waals surface area (Å²) < 4.78 is 11.5. The number of aliphatic hydroxyl groups excluding tert-OH is 1. The molecule has 24 heavy (non-hydrogen) atoms. The summed E-state index contributed by atoms with van der Waals surface area (Å²) in [4.78, 5) is 16.7. The van der Waals surface area contributed by atoms with Crippen molar-refractivity contribution in [1.82, 2.24) is 10.3 Å². The zero-order valence-electron chi connectivity index (χ0n) is 14.7. The second-order valence-electron chi connectivity index (χ2n) is 7.13. The zero-order chi connectivity index (χ0) is 17.6. The number of nitrogens with one attached hydrogen (secondary N) is 1. The van der Waals surface area contributed by atoms with Gasteiger partial charge >= 0.3 is 5.97 Å². The van der Waals surface area contributed by atoms with E-state index in [1.165, 1.54) is 0 Å². The molecular weight excluding hydrogens is 308 g/mol. The second-order valence-corrected chi connectivity index (χ2v) is 7.13. The van der Waals surface area contributed by atoms with Crippen LogP contribution in [0.5, 0.6) is 5.75 Å². The predicted molar refractivity (Wildman–Crippen MR) is 90.9 cm³/mol. The molecule has 2 atom stereocenters. The summed E-state index contributed by atoms with van der Waals surface area (Å²) in [5.74, 6) is 0.192. The van der Waals surface area contributed by atoms with E-state index in [2.05, 4.69) is 10.3 Å². The summed E-state index contributed by atoms with van der Waals surface area (Å²) in [6.07, 6.45) is 5.95. The van der Waals surface area contributed by atoms with E-state index in [4.69, 9.17) is 14.6 Å². The molecular formula is C18H28N2O4. The Labute approximate surface area is 143 Å². The van der Waals surface area contributed by atoms with Crippen molar-refractivity contribution >= 4 is 5.97 Å².